The van der Waals surface area contributed by atoms with Gasteiger partial charge in [-0.1, -0.05) is 6.92 Å². The number of carbonyl (C=O) groups is 3. The van der Waals surface area contributed by atoms with Crippen molar-refractivity contribution in [2.45, 2.75) is 25.8 Å². The third-order valence-electron chi connectivity index (χ3n) is 3.06. The van der Waals surface area contributed by atoms with E-state index in [9.17, 15) is 14.4 Å². The van der Waals surface area contributed by atoms with E-state index >= 15 is 0 Å². The fraction of sp³-hybridized carbons (Fsp3) is 0.357. The van der Waals surface area contributed by atoms with Gasteiger partial charge < -0.3 is 21.5 Å². The smallest absolute Gasteiger partial charge is 0.322 e. The van der Waals surface area contributed by atoms with Crippen LogP contribution >= 0.6 is 0 Å². The Labute approximate surface area is 122 Å². The predicted octanol–water partition coefficient (Wildman–Crippen LogP) is 0.567. The van der Waals surface area contributed by atoms with E-state index in [1.54, 1.807) is 19.1 Å². The van der Waals surface area contributed by atoms with E-state index in [0.717, 1.165) is 0 Å². The van der Waals surface area contributed by atoms with Gasteiger partial charge in [-0.3, -0.25) is 14.4 Å². The van der Waals surface area contributed by atoms with Gasteiger partial charge in [0, 0.05) is 11.3 Å². The molecule has 114 valence electrons. The van der Waals surface area contributed by atoms with Gasteiger partial charge in [0.05, 0.1) is 5.54 Å². The zero-order valence-corrected chi connectivity index (χ0v) is 12.0. The minimum atomic E-state index is -1.12. The summed E-state index contributed by atoms with van der Waals surface area (Å²) in [6, 6.07) is 6.10. The molecule has 1 atom stereocenters. The van der Waals surface area contributed by atoms with Gasteiger partial charge >= 0.3 is 5.97 Å². The number of aliphatic carboxylic acids is 1. The zero-order chi connectivity index (χ0) is 16.0. The highest BCUT2D eigenvalue weighted by atomic mass is 16.4. The monoisotopic (exact) mass is 293 g/mol. The summed E-state index contributed by atoms with van der Waals surface area (Å²) in [7, 11) is 0. The minimum Gasteiger partial charge on any atom is -0.480 e. The first-order valence-corrected chi connectivity index (χ1v) is 6.46. The number of hydrogen-bond donors (Lipinski definition) is 4. The summed E-state index contributed by atoms with van der Waals surface area (Å²) >= 11 is 0. The lowest BCUT2D eigenvalue weighted by atomic mass is 9.99. The first-order valence-electron chi connectivity index (χ1n) is 6.46. The van der Waals surface area contributed by atoms with E-state index in [2.05, 4.69) is 10.6 Å². The van der Waals surface area contributed by atoms with Crippen LogP contribution in [-0.4, -0.2) is 35.0 Å². The molecule has 1 unspecified atom stereocenters. The summed E-state index contributed by atoms with van der Waals surface area (Å²) in [5.41, 5.74) is 5.68. The minimum absolute atomic E-state index is 0.306. The Morgan fingerprint density at radius 3 is 2.29 bits per heavy atom. The van der Waals surface area contributed by atoms with E-state index in [-0.39, 0.29) is 5.91 Å². The molecule has 0 spiro atoms. The molecule has 0 bridgehead atoms. The number of carboxylic acid groups (broad SMARTS) is 1. The molecule has 7 heteroatoms. The van der Waals surface area contributed by atoms with Crippen molar-refractivity contribution in [3.63, 3.8) is 0 Å². The van der Waals surface area contributed by atoms with E-state index in [1.807, 2.05) is 6.92 Å². The molecule has 0 aliphatic heterocycles. The average Bonchev–Trinajstić information content (AvgIpc) is 2.45. The highest BCUT2D eigenvalue weighted by Crippen LogP contribution is 2.13. The summed E-state index contributed by atoms with van der Waals surface area (Å²) in [5.74, 6) is -1.92. The van der Waals surface area contributed by atoms with Gasteiger partial charge in [-0.05, 0) is 37.6 Å². The maximum atomic E-state index is 11.9. The lowest BCUT2D eigenvalue weighted by molar-refractivity contribution is -0.135. The molecule has 0 saturated carbocycles. The van der Waals surface area contributed by atoms with Gasteiger partial charge in [-0.15, -0.1) is 0 Å². The molecule has 21 heavy (non-hydrogen) atoms. The molecule has 0 aliphatic rings. The van der Waals surface area contributed by atoms with Crippen molar-refractivity contribution in [1.82, 2.24) is 5.32 Å². The third kappa shape index (κ3) is 4.88. The van der Waals surface area contributed by atoms with Crippen molar-refractivity contribution in [1.29, 1.82) is 0 Å². The topological polar surface area (TPSA) is 122 Å². The van der Waals surface area contributed by atoms with Gasteiger partial charge in [0.15, 0.2) is 0 Å². The molecule has 1 aromatic rings. The molecule has 2 amide bonds. The lowest BCUT2D eigenvalue weighted by Crippen LogP contribution is -2.47. The fourth-order valence-corrected chi connectivity index (χ4v) is 1.40. The van der Waals surface area contributed by atoms with Crippen LogP contribution in [0.1, 0.15) is 30.6 Å². The quantitative estimate of drug-likeness (QED) is 0.611. The average molecular weight is 293 g/mol. The summed E-state index contributed by atoms with van der Waals surface area (Å²) in [5, 5.41) is 13.4. The number of hydrogen-bond acceptors (Lipinski definition) is 4. The van der Waals surface area contributed by atoms with Crippen molar-refractivity contribution in [3.05, 3.63) is 29.8 Å². The molecule has 0 saturated heterocycles. The van der Waals surface area contributed by atoms with Crippen LogP contribution in [-0.2, 0) is 9.59 Å². The summed E-state index contributed by atoms with van der Waals surface area (Å²) in [6.07, 6.45) is 0.495. The maximum absolute atomic E-state index is 11.9. The largest absolute Gasteiger partial charge is 0.480 e. The first-order chi connectivity index (χ1) is 9.76. The summed E-state index contributed by atoms with van der Waals surface area (Å²) < 4.78 is 0. The van der Waals surface area contributed by atoms with Crippen LogP contribution in [0.5, 0.6) is 0 Å². The number of amides is 2. The Morgan fingerprint density at radius 2 is 1.81 bits per heavy atom. The Bertz CT molecular complexity index is 538. The second-order valence-electron chi connectivity index (χ2n) is 4.88. The number of nitrogens with two attached hydrogens (primary N) is 1. The molecule has 1 aromatic carbocycles. The third-order valence-corrected chi connectivity index (χ3v) is 3.06. The van der Waals surface area contributed by atoms with Gasteiger partial charge in [-0.2, -0.15) is 0 Å². The normalized spacial score (nSPS) is 13.1. The SMILES string of the molecule is CCC(C)(N)C(=O)Nc1ccc(C(=O)NCC(=O)O)cc1. The Kier molecular flexibility index (Phi) is 5.43. The van der Waals surface area contributed by atoms with Crippen molar-refractivity contribution < 1.29 is 19.5 Å². The lowest BCUT2D eigenvalue weighted by Gasteiger charge is -2.21. The summed E-state index contributed by atoms with van der Waals surface area (Å²) in [4.78, 5) is 33.8. The second-order valence-corrected chi connectivity index (χ2v) is 4.88. The number of carbonyl (C=O) groups excluding carboxylic acids is 2. The summed E-state index contributed by atoms with van der Waals surface area (Å²) in [6.45, 7) is 3.00. The molecule has 5 N–H and O–H groups in total. The van der Waals surface area contributed by atoms with Crippen LogP contribution in [0.2, 0.25) is 0 Å². The van der Waals surface area contributed by atoms with Crippen molar-refractivity contribution in [3.8, 4) is 0 Å². The Hall–Kier alpha value is -2.41. The molecule has 0 heterocycles. The van der Waals surface area contributed by atoms with Crippen LogP contribution < -0.4 is 16.4 Å². The van der Waals surface area contributed by atoms with Crippen LogP contribution in [0.25, 0.3) is 0 Å². The van der Waals surface area contributed by atoms with Gasteiger partial charge in [0.25, 0.3) is 5.91 Å². The zero-order valence-electron chi connectivity index (χ0n) is 12.0. The van der Waals surface area contributed by atoms with E-state index in [1.165, 1.54) is 12.1 Å². The van der Waals surface area contributed by atoms with E-state index < -0.39 is 24.0 Å². The number of carboxylic acids is 1. The highest BCUT2D eigenvalue weighted by molar-refractivity contribution is 5.99. The molecule has 0 fully saturated rings. The van der Waals surface area contributed by atoms with E-state index in [4.69, 9.17) is 10.8 Å². The Morgan fingerprint density at radius 1 is 1.24 bits per heavy atom. The van der Waals surface area contributed by atoms with Gasteiger partial charge in [0.2, 0.25) is 5.91 Å². The van der Waals surface area contributed by atoms with Crippen LogP contribution in [0.3, 0.4) is 0 Å². The molecule has 0 aliphatic carbocycles. The van der Waals surface area contributed by atoms with Gasteiger partial charge in [0.1, 0.15) is 6.54 Å². The highest BCUT2D eigenvalue weighted by Gasteiger charge is 2.25. The molecule has 0 radical (unpaired) electrons. The van der Waals surface area contributed by atoms with Crippen molar-refractivity contribution >= 4 is 23.5 Å². The number of anilines is 1. The molecule has 7 nitrogen and oxygen atoms in total. The Balaban J connectivity index is 2.68. The molecule has 1 rings (SSSR count). The predicted molar refractivity (Wildman–Crippen MR) is 77.9 cm³/mol. The number of nitrogens with one attached hydrogen (secondary N) is 2. The van der Waals surface area contributed by atoms with Crippen molar-refractivity contribution in [2.75, 3.05) is 11.9 Å². The first kappa shape index (κ1) is 16.6. The fourth-order valence-electron chi connectivity index (χ4n) is 1.40. The van der Waals surface area contributed by atoms with Gasteiger partial charge in [-0.25, -0.2) is 0 Å². The number of benzene rings is 1. The molecule has 0 aromatic heterocycles. The van der Waals surface area contributed by atoms with Crippen molar-refractivity contribution in [2.24, 2.45) is 5.73 Å². The van der Waals surface area contributed by atoms with Crippen LogP contribution in [0, 0.1) is 0 Å². The molecular weight excluding hydrogens is 274 g/mol. The molecular formula is C14H19N3O4. The van der Waals surface area contributed by atoms with Crippen LogP contribution in [0.4, 0.5) is 5.69 Å². The number of rotatable bonds is 6. The maximum Gasteiger partial charge on any atom is 0.322 e. The standard InChI is InChI=1S/C14H19N3O4/c1-3-14(2,15)13(21)17-10-6-4-9(5-7-10)12(20)16-8-11(18)19/h4-7H,3,8,15H2,1-2H3,(H,16,20)(H,17,21)(H,18,19). The van der Waals surface area contributed by atoms with Crippen LogP contribution in [0.15, 0.2) is 24.3 Å². The second kappa shape index (κ2) is 6.85. The van der Waals surface area contributed by atoms with E-state index in [0.29, 0.717) is 17.7 Å².